The second-order valence-electron chi connectivity index (χ2n) is 6.22. The lowest BCUT2D eigenvalue weighted by Crippen LogP contribution is -2.40. The van der Waals surface area contributed by atoms with Crippen LogP contribution in [0.25, 0.3) is 0 Å². The van der Waals surface area contributed by atoms with Crippen LogP contribution in [-0.2, 0) is 19.5 Å². The number of halogens is 1. The monoisotopic (exact) mass is 454 g/mol. The van der Waals surface area contributed by atoms with Crippen molar-refractivity contribution in [3.8, 4) is 0 Å². The number of guanidine groups is 1. The molecule has 1 fully saturated rings. The maximum atomic E-state index is 4.44. The van der Waals surface area contributed by atoms with E-state index < -0.39 is 0 Å². The van der Waals surface area contributed by atoms with Gasteiger partial charge in [-0.25, -0.2) is 0 Å². The lowest BCUT2D eigenvalue weighted by Gasteiger charge is -2.21. The number of hydrogen-bond acceptors (Lipinski definition) is 3. The highest BCUT2D eigenvalue weighted by atomic mass is 127. The molecule has 1 N–H and O–H groups in total. The molecule has 1 aliphatic rings. The van der Waals surface area contributed by atoms with Crippen molar-refractivity contribution < 1.29 is 0 Å². The highest BCUT2D eigenvalue weighted by Crippen LogP contribution is 2.20. The third kappa shape index (κ3) is 5.17. The van der Waals surface area contributed by atoms with Crippen LogP contribution in [-0.4, -0.2) is 45.8 Å². The van der Waals surface area contributed by atoms with Crippen molar-refractivity contribution in [3.05, 3.63) is 48.0 Å². The second-order valence-corrected chi connectivity index (χ2v) is 6.22. The Morgan fingerprint density at radius 2 is 2.12 bits per heavy atom. The number of aryl methyl sites for hydroxylation is 1. The van der Waals surface area contributed by atoms with E-state index in [1.807, 2.05) is 11.6 Å². The minimum atomic E-state index is 0. The summed E-state index contributed by atoms with van der Waals surface area (Å²) >= 11 is 0. The van der Waals surface area contributed by atoms with Gasteiger partial charge in [0.05, 0.1) is 6.54 Å². The van der Waals surface area contributed by atoms with Crippen LogP contribution in [0.3, 0.4) is 0 Å². The van der Waals surface area contributed by atoms with Gasteiger partial charge in [-0.05, 0) is 31.2 Å². The standard InChI is InChI=1S/C18H26N6.HI/c1-3-23-14-21-22-17(23)12-20-18(19-2)24-10-9-16(13-24)11-15-7-5-4-6-8-15;/h4-8,14,16H,3,9-13H2,1-2H3,(H,19,20);1H. The zero-order valence-electron chi connectivity index (χ0n) is 14.9. The fourth-order valence-corrected chi connectivity index (χ4v) is 3.31. The molecule has 1 aromatic carbocycles. The molecule has 1 aliphatic heterocycles. The molecule has 1 unspecified atom stereocenters. The van der Waals surface area contributed by atoms with Gasteiger partial charge >= 0.3 is 0 Å². The molecule has 7 heteroatoms. The highest BCUT2D eigenvalue weighted by Gasteiger charge is 2.25. The van der Waals surface area contributed by atoms with Crippen LogP contribution < -0.4 is 5.32 Å². The molecule has 1 atom stereocenters. The lowest BCUT2D eigenvalue weighted by atomic mass is 9.99. The minimum Gasteiger partial charge on any atom is -0.349 e. The zero-order valence-corrected chi connectivity index (χ0v) is 17.3. The fraction of sp³-hybridized carbons (Fsp3) is 0.500. The Bertz CT molecular complexity index is 669. The van der Waals surface area contributed by atoms with Gasteiger partial charge in [0.1, 0.15) is 6.33 Å². The minimum absolute atomic E-state index is 0. The van der Waals surface area contributed by atoms with Gasteiger partial charge in [-0.15, -0.1) is 34.2 Å². The van der Waals surface area contributed by atoms with E-state index in [1.54, 1.807) is 6.33 Å². The van der Waals surface area contributed by atoms with Crippen LogP contribution in [0.15, 0.2) is 41.7 Å². The summed E-state index contributed by atoms with van der Waals surface area (Å²) in [4.78, 5) is 6.79. The Balaban J connectivity index is 0.00000225. The van der Waals surface area contributed by atoms with Crippen LogP contribution in [0.5, 0.6) is 0 Å². The number of aliphatic imine (C=N–C) groups is 1. The van der Waals surface area contributed by atoms with E-state index in [9.17, 15) is 0 Å². The molecule has 2 heterocycles. The Morgan fingerprint density at radius 1 is 1.32 bits per heavy atom. The Hall–Kier alpha value is -1.64. The van der Waals surface area contributed by atoms with Crippen molar-refractivity contribution in [1.82, 2.24) is 25.0 Å². The first-order valence-electron chi connectivity index (χ1n) is 8.66. The fourth-order valence-electron chi connectivity index (χ4n) is 3.31. The van der Waals surface area contributed by atoms with Crippen molar-refractivity contribution in [3.63, 3.8) is 0 Å². The summed E-state index contributed by atoms with van der Waals surface area (Å²) < 4.78 is 2.04. The van der Waals surface area contributed by atoms with Gasteiger partial charge in [0, 0.05) is 26.7 Å². The first kappa shape index (κ1) is 19.7. The molecule has 0 aliphatic carbocycles. The summed E-state index contributed by atoms with van der Waals surface area (Å²) in [6, 6.07) is 10.7. The molecule has 0 amide bonds. The molecule has 0 bridgehead atoms. The third-order valence-corrected chi connectivity index (χ3v) is 4.61. The Kier molecular flexibility index (Phi) is 7.67. The van der Waals surface area contributed by atoms with E-state index >= 15 is 0 Å². The van der Waals surface area contributed by atoms with Crippen molar-refractivity contribution >= 4 is 29.9 Å². The molecule has 2 aromatic rings. The van der Waals surface area contributed by atoms with Gasteiger partial charge in [-0.3, -0.25) is 4.99 Å². The van der Waals surface area contributed by atoms with Crippen molar-refractivity contribution in [1.29, 1.82) is 0 Å². The average molecular weight is 454 g/mol. The molecule has 1 aromatic heterocycles. The summed E-state index contributed by atoms with van der Waals surface area (Å²) in [7, 11) is 1.84. The molecule has 0 radical (unpaired) electrons. The van der Waals surface area contributed by atoms with Crippen LogP contribution >= 0.6 is 24.0 Å². The SMILES string of the molecule is CCn1cnnc1CNC(=NC)N1CCC(Cc2ccccc2)C1.I. The van der Waals surface area contributed by atoms with Gasteiger partial charge < -0.3 is 14.8 Å². The molecule has 0 spiro atoms. The van der Waals surface area contributed by atoms with Crippen LogP contribution in [0.4, 0.5) is 0 Å². The lowest BCUT2D eigenvalue weighted by molar-refractivity contribution is 0.458. The molecule has 25 heavy (non-hydrogen) atoms. The molecular weight excluding hydrogens is 427 g/mol. The van der Waals surface area contributed by atoms with Gasteiger partial charge in [0.2, 0.25) is 0 Å². The van der Waals surface area contributed by atoms with Crippen LogP contribution in [0.1, 0.15) is 24.7 Å². The summed E-state index contributed by atoms with van der Waals surface area (Å²) in [6.45, 7) is 5.73. The van der Waals surface area contributed by atoms with Crippen LogP contribution in [0.2, 0.25) is 0 Å². The van der Waals surface area contributed by atoms with Gasteiger partial charge in [-0.2, -0.15) is 0 Å². The number of nitrogens with one attached hydrogen (secondary N) is 1. The topological polar surface area (TPSA) is 58.3 Å². The Labute approximate surface area is 166 Å². The predicted octanol–water partition coefficient (Wildman–Crippen LogP) is 2.56. The molecule has 1 saturated heterocycles. The summed E-state index contributed by atoms with van der Waals surface area (Å²) in [6.07, 6.45) is 4.12. The number of likely N-dealkylation sites (tertiary alicyclic amines) is 1. The normalized spacial score (nSPS) is 17.4. The van der Waals surface area contributed by atoms with Crippen LogP contribution in [0, 0.1) is 5.92 Å². The summed E-state index contributed by atoms with van der Waals surface area (Å²) in [5.41, 5.74) is 1.42. The number of rotatable bonds is 5. The summed E-state index contributed by atoms with van der Waals surface area (Å²) in [5.74, 6) is 2.58. The maximum Gasteiger partial charge on any atom is 0.194 e. The van der Waals surface area contributed by atoms with E-state index in [0.717, 1.165) is 37.8 Å². The van der Waals surface area contributed by atoms with E-state index in [0.29, 0.717) is 12.5 Å². The number of benzene rings is 1. The number of hydrogen-bond donors (Lipinski definition) is 1. The van der Waals surface area contributed by atoms with E-state index in [2.05, 4.69) is 62.7 Å². The zero-order chi connectivity index (χ0) is 16.8. The molecular formula is C18H27IN6. The Morgan fingerprint density at radius 3 is 2.84 bits per heavy atom. The average Bonchev–Trinajstić information content (AvgIpc) is 3.26. The molecule has 136 valence electrons. The van der Waals surface area contributed by atoms with Gasteiger partial charge in [0.15, 0.2) is 11.8 Å². The van der Waals surface area contributed by atoms with E-state index in [1.165, 1.54) is 12.0 Å². The molecule has 0 saturated carbocycles. The first-order chi connectivity index (χ1) is 11.8. The van der Waals surface area contributed by atoms with Crippen molar-refractivity contribution in [2.75, 3.05) is 20.1 Å². The quantitative estimate of drug-likeness (QED) is 0.429. The largest absolute Gasteiger partial charge is 0.349 e. The van der Waals surface area contributed by atoms with E-state index in [-0.39, 0.29) is 24.0 Å². The second kappa shape index (κ2) is 9.74. The number of aromatic nitrogens is 3. The maximum absolute atomic E-state index is 4.44. The smallest absolute Gasteiger partial charge is 0.194 e. The van der Waals surface area contributed by atoms with Crippen molar-refractivity contribution in [2.45, 2.75) is 32.9 Å². The van der Waals surface area contributed by atoms with Gasteiger partial charge in [-0.1, -0.05) is 30.3 Å². The first-order valence-corrected chi connectivity index (χ1v) is 8.66. The van der Waals surface area contributed by atoms with E-state index in [4.69, 9.17) is 0 Å². The molecule has 3 rings (SSSR count). The molecule has 6 nitrogen and oxygen atoms in total. The number of nitrogens with zero attached hydrogens (tertiary/aromatic N) is 5. The van der Waals surface area contributed by atoms with Crippen molar-refractivity contribution in [2.24, 2.45) is 10.9 Å². The third-order valence-electron chi connectivity index (χ3n) is 4.61. The summed E-state index contributed by atoms with van der Waals surface area (Å²) in [5, 5.41) is 11.6. The highest BCUT2D eigenvalue weighted by molar-refractivity contribution is 14.0. The predicted molar refractivity (Wildman–Crippen MR) is 111 cm³/mol. The van der Waals surface area contributed by atoms with Gasteiger partial charge in [0.25, 0.3) is 0 Å².